The summed E-state index contributed by atoms with van der Waals surface area (Å²) in [5.74, 6) is 1.46. The van der Waals surface area contributed by atoms with Crippen molar-refractivity contribution in [2.75, 3.05) is 19.5 Å². The molecule has 2 N–H and O–H groups in total. The standard InChI is InChI=1S/C15H25NO3/c1-11(2)19-14-9-12(16)8-13(10-14)18-7-6-15(3,4)17-5/h8-11H,6-7,16H2,1-5H3. The van der Waals surface area contributed by atoms with Crippen LogP contribution in [0.1, 0.15) is 34.1 Å². The minimum absolute atomic E-state index is 0.113. The molecule has 19 heavy (non-hydrogen) atoms. The van der Waals surface area contributed by atoms with Crippen LogP contribution in [0.4, 0.5) is 5.69 Å². The monoisotopic (exact) mass is 267 g/mol. The van der Waals surface area contributed by atoms with Crippen LogP contribution < -0.4 is 15.2 Å². The van der Waals surface area contributed by atoms with Crippen LogP contribution in [-0.2, 0) is 4.74 Å². The molecule has 0 atom stereocenters. The van der Waals surface area contributed by atoms with Gasteiger partial charge in [-0.25, -0.2) is 0 Å². The van der Waals surface area contributed by atoms with E-state index >= 15 is 0 Å². The summed E-state index contributed by atoms with van der Waals surface area (Å²) in [6.07, 6.45) is 0.917. The molecule has 1 rings (SSSR count). The number of nitrogen functional groups attached to an aromatic ring is 1. The average molecular weight is 267 g/mol. The molecular weight excluding hydrogens is 242 g/mol. The smallest absolute Gasteiger partial charge is 0.125 e. The maximum atomic E-state index is 5.83. The van der Waals surface area contributed by atoms with E-state index in [1.54, 1.807) is 19.2 Å². The summed E-state index contributed by atoms with van der Waals surface area (Å²) < 4.78 is 16.7. The fourth-order valence-electron chi connectivity index (χ4n) is 1.53. The third-order valence-corrected chi connectivity index (χ3v) is 2.80. The average Bonchev–Trinajstić information content (AvgIpc) is 2.27. The lowest BCUT2D eigenvalue weighted by Gasteiger charge is -2.22. The summed E-state index contributed by atoms with van der Waals surface area (Å²) in [4.78, 5) is 0. The van der Waals surface area contributed by atoms with Crippen molar-refractivity contribution in [3.8, 4) is 11.5 Å². The van der Waals surface area contributed by atoms with E-state index in [1.807, 2.05) is 33.8 Å². The van der Waals surface area contributed by atoms with Crippen molar-refractivity contribution in [3.05, 3.63) is 18.2 Å². The van der Waals surface area contributed by atoms with Crippen LogP contribution in [-0.4, -0.2) is 25.4 Å². The van der Waals surface area contributed by atoms with Crippen molar-refractivity contribution in [2.45, 2.75) is 45.8 Å². The molecule has 0 aliphatic rings. The van der Waals surface area contributed by atoms with E-state index in [9.17, 15) is 0 Å². The zero-order valence-corrected chi connectivity index (χ0v) is 12.5. The molecule has 0 aromatic heterocycles. The molecule has 0 fully saturated rings. The second kappa shape index (κ2) is 6.66. The van der Waals surface area contributed by atoms with Crippen molar-refractivity contribution in [1.29, 1.82) is 0 Å². The Morgan fingerprint density at radius 3 is 2.37 bits per heavy atom. The zero-order valence-electron chi connectivity index (χ0n) is 12.5. The van der Waals surface area contributed by atoms with E-state index in [-0.39, 0.29) is 11.7 Å². The predicted octanol–water partition coefficient (Wildman–Crippen LogP) is 3.25. The van der Waals surface area contributed by atoms with Gasteiger partial charge in [-0.15, -0.1) is 0 Å². The molecule has 0 spiro atoms. The predicted molar refractivity (Wildman–Crippen MR) is 77.8 cm³/mol. The summed E-state index contributed by atoms with van der Waals surface area (Å²) in [7, 11) is 1.70. The Bertz CT molecular complexity index is 402. The maximum absolute atomic E-state index is 5.83. The molecule has 0 aliphatic carbocycles. The van der Waals surface area contributed by atoms with Gasteiger partial charge in [0.1, 0.15) is 11.5 Å². The van der Waals surface area contributed by atoms with Gasteiger partial charge in [-0.05, 0) is 27.7 Å². The zero-order chi connectivity index (χ0) is 14.5. The maximum Gasteiger partial charge on any atom is 0.125 e. The van der Waals surface area contributed by atoms with Gasteiger partial charge >= 0.3 is 0 Å². The molecule has 1 aromatic carbocycles. The molecule has 108 valence electrons. The highest BCUT2D eigenvalue weighted by Gasteiger charge is 2.16. The van der Waals surface area contributed by atoms with Crippen LogP contribution in [0.5, 0.6) is 11.5 Å². The highest BCUT2D eigenvalue weighted by atomic mass is 16.5. The fraction of sp³-hybridized carbons (Fsp3) is 0.600. The van der Waals surface area contributed by atoms with E-state index in [4.69, 9.17) is 19.9 Å². The molecule has 0 saturated heterocycles. The Labute approximate surface area is 115 Å². The van der Waals surface area contributed by atoms with Gasteiger partial charge in [-0.1, -0.05) is 0 Å². The number of methoxy groups -OCH3 is 1. The van der Waals surface area contributed by atoms with E-state index in [0.717, 1.165) is 17.9 Å². The molecule has 1 aromatic rings. The SMILES string of the molecule is COC(C)(C)CCOc1cc(N)cc(OC(C)C)c1. The van der Waals surface area contributed by atoms with Gasteiger partial charge in [0.15, 0.2) is 0 Å². The molecule has 0 saturated carbocycles. The molecule has 0 unspecified atom stereocenters. The second-order valence-corrected chi connectivity index (χ2v) is 5.47. The molecule has 4 heteroatoms. The Balaban J connectivity index is 2.61. The first-order chi connectivity index (χ1) is 8.82. The third-order valence-electron chi connectivity index (χ3n) is 2.80. The van der Waals surface area contributed by atoms with Gasteiger partial charge in [0.2, 0.25) is 0 Å². The summed E-state index contributed by atoms with van der Waals surface area (Å²) in [5, 5.41) is 0. The van der Waals surface area contributed by atoms with Gasteiger partial charge in [0, 0.05) is 37.4 Å². The number of ether oxygens (including phenoxy) is 3. The molecule has 0 bridgehead atoms. The van der Waals surface area contributed by atoms with Crippen LogP contribution in [0, 0.1) is 0 Å². The largest absolute Gasteiger partial charge is 0.493 e. The van der Waals surface area contributed by atoms with Gasteiger partial charge in [0.25, 0.3) is 0 Å². The normalized spacial score (nSPS) is 11.7. The van der Waals surface area contributed by atoms with E-state index < -0.39 is 0 Å². The molecular formula is C15H25NO3. The van der Waals surface area contributed by atoms with Gasteiger partial charge in [0.05, 0.1) is 18.3 Å². The molecule has 4 nitrogen and oxygen atoms in total. The third kappa shape index (κ3) is 5.83. The lowest BCUT2D eigenvalue weighted by molar-refractivity contribution is 0.00545. The number of hydrogen-bond acceptors (Lipinski definition) is 4. The molecule has 0 heterocycles. The number of nitrogens with two attached hydrogens (primary N) is 1. The second-order valence-electron chi connectivity index (χ2n) is 5.47. The van der Waals surface area contributed by atoms with Gasteiger partial charge in [-0.2, -0.15) is 0 Å². The first-order valence-corrected chi connectivity index (χ1v) is 6.57. The Morgan fingerprint density at radius 2 is 1.79 bits per heavy atom. The first kappa shape index (κ1) is 15.6. The van der Waals surface area contributed by atoms with Crippen LogP contribution in [0.25, 0.3) is 0 Å². The highest BCUT2D eigenvalue weighted by Crippen LogP contribution is 2.26. The lowest BCUT2D eigenvalue weighted by atomic mass is 10.1. The first-order valence-electron chi connectivity index (χ1n) is 6.57. The van der Waals surface area contributed by atoms with E-state index in [2.05, 4.69) is 0 Å². The lowest BCUT2D eigenvalue weighted by Crippen LogP contribution is -2.25. The molecule has 0 amide bonds. The Morgan fingerprint density at radius 1 is 1.16 bits per heavy atom. The van der Waals surface area contributed by atoms with Crippen LogP contribution >= 0.6 is 0 Å². The van der Waals surface area contributed by atoms with E-state index in [1.165, 1.54) is 0 Å². The van der Waals surface area contributed by atoms with Crippen molar-refractivity contribution in [1.82, 2.24) is 0 Å². The minimum atomic E-state index is -0.183. The van der Waals surface area contributed by atoms with E-state index in [0.29, 0.717) is 12.3 Å². The summed E-state index contributed by atoms with van der Waals surface area (Å²) in [5.41, 5.74) is 6.29. The quantitative estimate of drug-likeness (QED) is 0.770. The fourth-order valence-corrected chi connectivity index (χ4v) is 1.53. The van der Waals surface area contributed by atoms with Crippen molar-refractivity contribution < 1.29 is 14.2 Å². The van der Waals surface area contributed by atoms with Crippen molar-refractivity contribution in [3.63, 3.8) is 0 Å². The molecule has 0 radical (unpaired) electrons. The Kier molecular flexibility index (Phi) is 5.48. The topological polar surface area (TPSA) is 53.7 Å². The number of rotatable bonds is 7. The Hall–Kier alpha value is -1.42. The summed E-state index contributed by atoms with van der Waals surface area (Å²) >= 11 is 0. The summed E-state index contributed by atoms with van der Waals surface area (Å²) in [6.45, 7) is 8.59. The molecule has 0 aliphatic heterocycles. The van der Waals surface area contributed by atoms with Crippen molar-refractivity contribution in [2.24, 2.45) is 0 Å². The van der Waals surface area contributed by atoms with Gasteiger partial charge in [-0.3, -0.25) is 0 Å². The highest BCUT2D eigenvalue weighted by molar-refractivity contribution is 5.50. The van der Waals surface area contributed by atoms with Crippen LogP contribution in [0.2, 0.25) is 0 Å². The number of hydrogen-bond donors (Lipinski definition) is 1. The van der Waals surface area contributed by atoms with Crippen molar-refractivity contribution >= 4 is 5.69 Å². The van der Waals surface area contributed by atoms with Crippen LogP contribution in [0.15, 0.2) is 18.2 Å². The number of benzene rings is 1. The van der Waals surface area contributed by atoms with Gasteiger partial charge < -0.3 is 19.9 Å². The summed E-state index contributed by atoms with van der Waals surface area (Å²) in [6, 6.07) is 5.45. The van der Waals surface area contributed by atoms with Crippen LogP contribution in [0.3, 0.4) is 0 Å². The minimum Gasteiger partial charge on any atom is -0.493 e. The number of anilines is 1.